The summed E-state index contributed by atoms with van der Waals surface area (Å²) in [5.74, 6) is 4.31. The highest BCUT2D eigenvalue weighted by atomic mass is 32.2. The van der Waals surface area contributed by atoms with Crippen LogP contribution in [0.5, 0.6) is 0 Å². The van der Waals surface area contributed by atoms with E-state index in [1.54, 1.807) is 11.8 Å². The highest BCUT2D eigenvalue weighted by Gasteiger charge is 2.15. The maximum Gasteiger partial charge on any atom is 0.117 e. The summed E-state index contributed by atoms with van der Waals surface area (Å²) in [7, 11) is 0. The Labute approximate surface area is 119 Å². The minimum absolute atomic E-state index is 0.933. The first-order valence-electron chi connectivity index (χ1n) is 7.12. The van der Waals surface area contributed by atoms with Crippen molar-refractivity contribution in [1.29, 1.82) is 0 Å². The second-order valence-corrected chi connectivity index (χ2v) is 5.60. The van der Waals surface area contributed by atoms with E-state index >= 15 is 0 Å². The second-order valence-electron chi connectivity index (χ2n) is 4.52. The maximum atomic E-state index is 5.84. The molecule has 0 unspecified atom stereocenters. The third kappa shape index (κ3) is 3.08. The van der Waals surface area contributed by atoms with Crippen LogP contribution in [0.25, 0.3) is 0 Å². The van der Waals surface area contributed by atoms with Gasteiger partial charge in [0.1, 0.15) is 23.0 Å². The van der Waals surface area contributed by atoms with Gasteiger partial charge in [-0.3, -0.25) is 0 Å². The molecule has 19 heavy (non-hydrogen) atoms. The normalized spacial score (nSPS) is 11.2. The van der Waals surface area contributed by atoms with Gasteiger partial charge in [0.2, 0.25) is 0 Å². The Balaban J connectivity index is 2.29. The van der Waals surface area contributed by atoms with Crippen molar-refractivity contribution < 1.29 is 8.83 Å². The molecule has 2 rings (SSSR count). The predicted octanol–water partition coefficient (Wildman–Crippen LogP) is 5.27. The Morgan fingerprint density at radius 3 is 1.47 bits per heavy atom. The Hall–Kier alpha value is -1.09. The van der Waals surface area contributed by atoms with Crippen LogP contribution in [0, 0.1) is 0 Å². The van der Waals surface area contributed by atoms with Gasteiger partial charge in [-0.05, 0) is 12.1 Å². The SMILES string of the molecule is CCc1cc(Sc2cc(CC)oc2CC)c(CC)o1. The minimum Gasteiger partial charge on any atom is -0.465 e. The zero-order chi connectivity index (χ0) is 13.8. The molecule has 2 aromatic heterocycles. The molecule has 0 aromatic carbocycles. The number of hydrogen-bond acceptors (Lipinski definition) is 3. The standard InChI is InChI=1S/C16H22O2S/c1-5-11-9-15(13(7-3)17-11)19-16-10-12(6-2)18-14(16)8-4/h9-10H,5-8H2,1-4H3. The van der Waals surface area contributed by atoms with Crippen molar-refractivity contribution >= 4 is 11.8 Å². The van der Waals surface area contributed by atoms with E-state index in [0.717, 1.165) is 48.7 Å². The van der Waals surface area contributed by atoms with Crippen LogP contribution in [0.1, 0.15) is 50.7 Å². The fraction of sp³-hybridized carbons (Fsp3) is 0.500. The number of hydrogen-bond donors (Lipinski definition) is 0. The number of rotatable bonds is 6. The van der Waals surface area contributed by atoms with Gasteiger partial charge in [-0.15, -0.1) is 0 Å². The lowest BCUT2D eigenvalue weighted by Gasteiger charge is -1.99. The summed E-state index contributed by atoms with van der Waals surface area (Å²) in [4.78, 5) is 2.47. The fourth-order valence-corrected chi connectivity index (χ4v) is 3.28. The van der Waals surface area contributed by atoms with Crippen molar-refractivity contribution in [2.75, 3.05) is 0 Å². The average molecular weight is 278 g/mol. The van der Waals surface area contributed by atoms with Gasteiger partial charge in [-0.25, -0.2) is 0 Å². The fourth-order valence-electron chi connectivity index (χ4n) is 2.06. The van der Waals surface area contributed by atoms with Crippen LogP contribution < -0.4 is 0 Å². The maximum absolute atomic E-state index is 5.84. The van der Waals surface area contributed by atoms with E-state index in [-0.39, 0.29) is 0 Å². The molecule has 0 spiro atoms. The van der Waals surface area contributed by atoms with E-state index in [9.17, 15) is 0 Å². The van der Waals surface area contributed by atoms with Gasteiger partial charge in [-0.1, -0.05) is 39.5 Å². The molecule has 0 fully saturated rings. The molecule has 0 bridgehead atoms. The van der Waals surface area contributed by atoms with E-state index in [0.29, 0.717) is 0 Å². The Kier molecular flexibility index (Phi) is 4.81. The molecule has 0 aliphatic rings. The zero-order valence-electron chi connectivity index (χ0n) is 12.2. The molecule has 0 N–H and O–H groups in total. The zero-order valence-corrected chi connectivity index (χ0v) is 13.0. The minimum atomic E-state index is 0.933. The van der Waals surface area contributed by atoms with Crippen LogP contribution in [-0.4, -0.2) is 0 Å². The summed E-state index contributed by atoms with van der Waals surface area (Å²) >= 11 is 1.77. The Bertz CT molecular complexity index is 489. The Morgan fingerprint density at radius 1 is 0.737 bits per heavy atom. The molecule has 2 heterocycles. The lowest BCUT2D eigenvalue weighted by atomic mass is 10.3. The number of aryl methyl sites for hydroxylation is 4. The summed E-state index contributed by atoms with van der Waals surface area (Å²) in [6.45, 7) is 8.51. The van der Waals surface area contributed by atoms with Crippen LogP contribution in [-0.2, 0) is 25.7 Å². The topological polar surface area (TPSA) is 26.3 Å². The summed E-state index contributed by atoms with van der Waals surface area (Å²) in [5.41, 5.74) is 0. The molecule has 0 radical (unpaired) electrons. The third-order valence-electron chi connectivity index (χ3n) is 3.20. The van der Waals surface area contributed by atoms with Crippen LogP contribution >= 0.6 is 11.8 Å². The average Bonchev–Trinajstić information content (AvgIpc) is 3.02. The molecule has 2 nitrogen and oxygen atoms in total. The van der Waals surface area contributed by atoms with E-state index in [1.807, 2.05) is 0 Å². The molecule has 0 saturated heterocycles. The second kappa shape index (κ2) is 6.38. The predicted molar refractivity (Wildman–Crippen MR) is 79.1 cm³/mol. The molecule has 3 heteroatoms. The van der Waals surface area contributed by atoms with Crippen molar-refractivity contribution in [3.8, 4) is 0 Å². The van der Waals surface area contributed by atoms with Crippen LogP contribution in [0.3, 0.4) is 0 Å². The highest BCUT2D eigenvalue weighted by molar-refractivity contribution is 7.99. The van der Waals surface area contributed by atoms with E-state index in [4.69, 9.17) is 8.83 Å². The summed E-state index contributed by atoms with van der Waals surface area (Å²) in [6, 6.07) is 4.34. The van der Waals surface area contributed by atoms with Crippen molar-refractivity contribution in [3.63, 3.8) is 0 Å². The van der Waals surface area contributed by atoms with Gasteiger partial charge in [0.15, 0.2) is 0 Å². The summed E-state index contributed by atoms with van der Waals surface area (Å²) in [6.07, 6.45) is 3.75. The molecular formula is C16H22O2S. The molecule has 104 valence electrons. The van der Waals surface area contributed by atoms with Crippen molar-refractivity contribution in [1.82, 2.24) is 0 Å². The quantitative estimate of drug-likeness (QED) is 0.719. The molecule has 0 amide bonds. The molecule has 0 aliphatic heterocycles. The van der Waals surface area contributed by atoms with Gasteiger partial charge in [0.25, 0.3) is 0 Å². The van der Waals surface area contributed by atoms with E-state index in [2.05, 4.69) is 39.8 Å². The molecule has 0 atom stereocenters. The monoisotopic (exact) mass is 278 g/mol. The molecule has 2 aromatic rings. The van der Waals surface area contributed by atoms with Gasteiger partial charge in [0, 0.05) is 25.7 Å². The lowest BCUT2D eigenvalue weighted by Crippen LogP contribution is -1.80. The third-order valence-corrected chi connectivity index (χ3v) is 4.33. The molecule has 0 saturated carbocycles. The van der Waals surface area contributed by atoms with Gasteiger partial charge >= 0.3 is 0 Å². The summed E-state index contributed by atoms with van der Waals surface area (Å²) < 4.78 is 11.7. The highest BCUT2D eigenvalue weighted by Crippen LogP contribution is 2.37. The molecular weight excluding hydrogens is 256 g/mol. The first-order valence-corrected chi connectivity index (χ1v) is 7.94. The molecule has 0 aliphatic carbocycles. The van der Waals surface area contributed by atoms with Crippen LogP contribution in [0.4, 0.5) is 0 Å². The van der Waals surface area contributed by atoms with E-state index < -0.39 is 0 Å². The smallest absolute Gasteiger partial charge is 0.117 e. The largest absolute Gasteiger partial charge is 0.465 e. The van der Waals surface area contributed by atoms with Crippen molar-refractivity contribution in [2.45, 2.75) is 63.2 Å². The van der Waals surface area contributed by atoms with Crippen molar-refractivity contribution in [2.24, 2.45) is 0 Å². The van der Waals surface area contributed by atoms with Gasteiger partial charge in [0.05, 0.1) is 9.79 Å². The Morgan fingerprint density at radius 2 is 1.16 bits per heavy atom. The van der Waals surface area contributed by atoms with Gasteiger partial charge < -0.3 is 8.83 Å². The van der Waals surface area contributed by atoms with Crippen LogP contribution in [0.2, 0.25) is 0 Å². The summed E-state index contributed by atoms with van der Waals surface area (Å²) in [5, 5.41) is 0. The lowest BCUT2D eigenvalue weighted by molar-refractivity contribution is 0.467. The number of furan rings is 2. The first-order chi connectivity index (χ1) is 9.21. The van der Waals surface area contributed by atoms with Gasteiger partial charge in [-0.2, -0.15) is 0 Å². The van der Waals surface area contributed by atoms with Crippen LogP contribution in [0.15, 0.2) is 30.8 Å². The van der Waals surface area contributed by atoms with E-state index in [1.165, 1.54) is 9.79 Å². The van der Waals surface area contributed by atoms with Crippen molar-refractivity contribution in [3.05, 3.63) is 35.2 Å². The first kappa shape index (κ1) is 14.3.